The summed E-state index contributed by atoms with van der Waals surface area (Å²) in [6, 6.07) is 3.87. The number of halogens is 2. The molecule has 1 atom stereocenters. The highest BCUT2D eigenvalue weighted by atomic mass is 35.5. The van der Waals surface area contributed by atoms with Gasteiger partial charge in [-0.3, -0.25) is 0 Å². The standard InChI is InChI=1S/C12H12ClFN2O/c1-7-16-12(6-17-7)11(15)5-8-4-9(14)2-3-10(8)13/h2-4,6,11H,5,15H2,1H3. The zero-order chi connectivity index (χ0) is 12.4. The summed E-state index contributed by atoms with van der Waals surface area (Å²) >= 11 is 5.97. The van der Waals surface area contributed by atoms with E-state index < -0.39 is 0 Å². The number of aromatic nitrogens is 1. The van der Waals surface area contributed by atoms with Crippen LogP contribution in [0.5, 0.6) is 0 Å². The van der Waals surface area contributed by atoms with Crippen LogP contribution in [0, 0.1) is 12.7 Å². The van der Waals surface area contributed by atoms with Crippen LogP contribution in [0.2, 0.25) is 5.02 Å². The van der Waals surface area contributed by atoms with Gasteiger partial charge in [0.05, 0.1) is 11.7 Å². The molecule has 0 aliphatic heterocycles. The van der Waals surface area contributed by atoms with E-state index in [0.29, 0.717) is 28.6 Å². The second-order valence-electron chi connectivity index (χ2n) is 3.84. The lowest BCUT2D eigenvalue weighted by atomic mass is 10.0. The van der Waals surface area contributed by atoms with Gasteiger partial charge >= 0.3 is 0 Å². The van der Waals surface area contributed by atoms with Crippen molar-refractivity contribution in [2.75, 3.05) is 0 Å². The molecule has 0 fully saturated rings. The van der Waals surface area contributed by atoms with Crippen LogP contribution in [-0.4, -0.2) is 4.98 Å². The first-order valence-electron chi connectivity index (χ1n) is 5.18. The molecule has 2 aromatic rings. The van der Waals surface area contributed by atoms with Crippen molar-refractivity contribution >= 4 is 11.6 Å². The van der Waals surface area contributed by atoms with E-state index in [4.69, 9.17) is 21.8 Å². The number of nitrogens with zero attached hydrogens (tertiary/aromatic N) is 1. The fourth-order valence-electron chi connectivity index (χ4n) is 1.59. The first-order chi connectivity index (χ1) is 8.06. The summed E-state index contributed by atoms with van der Waals surface area (Å²) in [4.78, 5) is 4.13. The number of oxazole rings is 1. The molecule has 0 amide bonds. The van der Waals surface area contributed by atoms with E-state index in [1.807, 2.05) is 0 Å². The summed E-state index contributed by atoms with van der Waals surface area (Å²) in [5.41, 5.74) is 7.26. The first-order valence-corrected chi connectivity index (χ1v) is 5.55. The minimum Gasteiger partial charge on any atom is -0.449 e. The molecule has 2 rings (SSSR count). The molecule has 0 saturated heterocycles. The molecule has 3 nitrogen and oxygen atoms in total. The SMILES string of the molecule is Cc1nc(C(N)Cc2cc(F)ccc2Cl)co1. The maximum absolute atomic E-state index is 13.1. The Morgan fingerprint density at radius 3 is 2.94 bits per heavy atom. The molecule has 0 aliphatic carbocycles. The number of aryl methyl sites for hydroxylation is 1. The Bertz CT molecular complexity index is 527. The maximum Gasteiger partial charge on any atom is 0.191 e. The molecule has 1 heterocycles. The van der Waals surface area contributed by atoms with E-state index >= 15 is 0 Å². The van der Waals surface area contributed by atoms with E-state index in [-0.39, 0.29) is 11.9 Å². The molecule has 5 heteroatoms. The molecule has 2 N–H and O–H groups in total. The third kappa shape index (κ3) is 2.84. The van der Waals surface area contributed by atoms with Gasteiger partial charge in [-0.1, -0.05) is 11.6 Å². The van der Waals surface area contributed by atoms with Gasteiger partial charge in [-0.2, -0.15) is 0 Å². The van der Waals surface area contributed by atoms with E-state index in [1.54, 1.807) is 6.92 Å². The molecule has 90 valence electrons. The lowest BCUT2D eigenvalue weighted by molar-refractivity contribution is 0.519. The van der Waals surface area contributed by atoms with Crippen molar-refractivity contribution in [3.63, 3.8) is 0 Å². The smallest absolute Gasteiger partial charge is 0.191 e. The molecule has 0 spiro atoms. The Balaban J connectivity index is 2.18. The average molecular weight is 255 g/mol. The van der Waals surface area contributed by atoms with Gasteiger partial charge in [-0.15, -0.1) is 0 Å². The zero-order valence-corrected chi connectivity index (χ0v) is 10.0. The van der Waals surface area contributed by atoms with Gasteiger partial charge in [-0.25, -0.2) is 9.37 Å². The maximum atomic E-state index is 13.1. The third-order valence-electron chi connectivity index (χ3n) is 2.46. The monoisotopic (exact) mass is 254 g/mol. The number of nitrogens with two attached hydrogens (primary N) is 1. The van der Waals surface area contributed by atoms with Gasteiger partial charge in [0.1, 0.15) is 12.1 Å². The molecule has 0 saturated carbocycles. The molecule has 0 radical (unpaired) electrons. The molecular formula is C12H12ClFN2O. The lowest BCUT2D eigenvalue weighted by Crippen LogP contribution is -2.14. The number of hydrogen-bond acceptors (Lipinski definition) is 3. The highest BCUT2D eigenvalue weighted by Crippen LogP contribution is 2.22. The van der Waals surface area contributed by atoms with Crippen LogP contribution in [0.4, 0.5) is 4.39 Å². The fraction of sp³-hybridized carbons (Fsp3) is 0.250. The van der Waals surface area contributed by atoms with Gasteiger partial charge < -0.3 is 10.2 Å². The van der Waals surface area contributed by atoms with E-state index in [0.717, 1.165) is 0 Å². The number of benzene rings is 1. The first kappa shape index (κ1) is 12.1. The van der Waals surface area contributed by atoms with Crippen LogP contribution < -0.4 is 5.73 Å². The van der Waals surface area contributed by atoms with Crippen molar-refractivity contribution in [2.45, 2.75) is 19.4 Å². The summed E-state index contributed by atoms with van der Waals surface area (Å²) in [6.07, 6.45) is 1.93. The Kier molecular flexibility index (Phi) is 3.45. The number of rotatable bonds is 3. The van der Waals surface area contributed by atoms with Gasteiger partial charge in [0.2, 0.25) is 0 Å². The van der Waals surface area contributed by atoms with E-state index in [2.05, 4.69) is 4.98 Å². The van der Waals surface area contributed by atoms with Gasteiger partial charge in [0.15, 0.2) is 5.89 Å². The third-order valence-corrected chi connectivity index (χ3v) is 2.83. The highest BCUT2D eigenvalue weighted by Gasteiger charge is 2.13. The largest absolute Gasteiger partial charge is 0.449 e. The van der Waals surface area contributed by atoms with Crippen LogP contribution in [0.1, 0.15) is 23.2 Å². The van der Waals surface area contributed by atoms with Crippen LogP contribution in [0.25, 0.3) is 0 Å². The Labute approximate surface area is 103 Å². The predicted molar refractivity (Wildman–Crippen MR) is 63.3 cm³/mol. The van der Waals surface area contributed by atoms with Crippen molar-refractivity contribution < 1.29 is 8.81 Å². The minimum absolute atomic E-state index is 0.326. The van der Waals surface area contributed by atoms with Gasteiger partial charge in [0, 0.05) is 11.9 Å². The molecule has 1 unspecified atom stereocenters. The van der Waals surface area contributed by atoms with Crippen LogP contribution in [0.15, 0.2) is 28.9 Å². The minimum atomic E-state index is -0.355. The summed E-state index contributed by atoms with van der Waals surface area (Å²) in [6.45, 7) is 1.74. The van der Waals surface area contributed by atoms with E-state index in [9.17, 15) is 4.39 Å². The molecule has 1 aromatic carbocycles. The van der Waals surface area contributed by atoms with Crippen LogP contribution in [0.3, 0.4) is 0 Å². The Hall–Kier alpha value is -1.39. The quantitative estimate of drug-likeness (QED) is 0.916. The lowest BCUT2D eigenvalue weighted by Gasteiger charge is -2.09. The second-order valence-corrected chi connectivity index (χ2v) is 4.24. The van der Waals surface area contributed by atoms with E-state index in [1.165, 1.54) is 24.5 Å². The van der Waals surface area contributed by atoms with Crippen LogP contribution >= 0.6 is 11.6 Å². The highest BCUT2D eigenvalue weighted by molar-refractivity contribution is 6.31. The molecule has 0 aliphatic rings. The van der Waals surface area contributed by atoms with Gasteiger partial charge in [-0.05, 0) is 30.2 Å². The molecule has 1 aromatic heterocycles. The summed E-state index contributed by atoms with van der Waals surface area (Å²) in [5, 5.41) is 0.502. The van der Waals surface area contributed by atoms with Crippen molar-refractivity contribution in [3.8, 4) is 0 Å². The van der Waals surface area contributed by atoms with Crippen molar-refractivity contribution in [2.24, 2.45) is 5.73 Å². The fourth-order valence-corrected chi connectivity index (χ4v) is 1.79. The van der Waals surface area contributed by atoms with Crippen molar-refractivity contribution in [1.29, 1.82) is 0 Å². The second kappa shape index (κ2) is 4.85. The molecular weight excluding hydrogens is 243 g/mol. The Morgan fingerprint density at radius 2 is 2.29 bits per heavy atom. The van der Waals surface area contributed by atoms with Gasteiger partial charge in [0.25, 0.3) is 0 Å². The predicted octanol–water partition coefficient (Wildman–Crippen LogP) is 3.02. The summed E-state index contributed by atoms with van der Waals surface area (Å²) in [7, 11) is 0. The summed E-state index contributed by atoms with van der Waals surface area (Å²) < 4.78 is 18.1. The Morgan fingerprint density at radius 1 is 1.53 bits per heavy atom. The zero-order valence-electron chi connectivity index (χ0n) is 9.28. The normalized spacial score (nSPS) is 12.7. The number of hydrogen-bond donors (Lipinski definition) is 1. The van der Waals surface area contributed by atoms with Crippen molar-refractivity contribution in [3.05, 3.63) is 52.5 Å². The van der Waals surface area contributed by atoms with Crippen LogP contribution in [-0.2, 0) is 6.42 Å². The van der Waals surface area contributed by atoms with Crippen molar-refractivity contribution in [1.82, 2.24) is 4.98 Å². The average Bonchev–Trinajstić information content (AvgIpc) is 2.70. The molecule has 0 bridgehead atoms. The summed E-state index contributed by atoms with van der Waals surface area (Å²) in [5.74, 6) is 0.230. The molecule has 17 heavy (non-hydrogen) atoms. The topological polar surface area (TPSA) is 52.0 Å².